The predicted molar refractivity (Wildman–Crippen MR) is 73.5 cm³/mol. The highest BCUT2D eigenvalue weighted by atomic mass is 16.5. The Morgan fingerprint density at radius 2 is 2.11 bits per heavy atom. The van der Waals surface area contributed by atoms with E-state index in [0.29, 0.717) is 6.54 Å². The summed E-state index contributed by atoms with van der Waals surface area (Å²) in [5.41, 5.74) is 9.20. The van der Waals surface area contributed by atoms with E-state index in [9.17, 15) is 0 Å². The Hall–Kier alpha value is -1.65. The average molecular weight is 257 g/mol. The van der Waals surface area contributed by atoms with Gasteiger partial charge in [-0.1, -0.05) is 35.5 Å². The van der Waals surface area contributed by atoms with Crippen LogP contribution in [0, 0.1) is 0 Å². The SMILES string of the molecule is NCc1noc2c1CN(CCc1ccccc1)CC2. The molecular formula is C15H19N3O. The zero-order chi connectivity index (χ0) is 13.1. The zero-order valence-electron chi connectivity index (χ0n) is 11.0. The van der Waals surface area contributed by atoms with Crippen molar-refractivity contribution in [3.05, 3.63) is 52.9 Å². The molecule has 0 amide bonds. The molecule has 0 aliphatic carbocycles. The number of aromatic nitrogens is 1. The predicted octanol–water partition coefficient (Wildman–Crippen LogP) is 1.73. The second-order valence-electron chi connectivity index (χ2n) is 5.00. The molecule has 0 bridgehead atoms. The van der Waals surface area contributed by atoms with Crippen LogP contribution in [0.4, 0.5) is 0 Å². The molecule has 19 heavy (non-hydrogen) atoms. The van der Waals surface area contributed by atoms with Crippen molar-refractivity contribution in [3.8, 4) is 0 Å². The van der Waals surface area contributed by atoms with Crippen LogP contribution in [0.1, 0.15) is 22.6 Å². The minimum atomic E-state index is 0.464. The molecule has 0 saturated heterocycles. The first-order valence-electron chi connectivity index (χ1n) is 6.79. The molecule has 0 spiro atoms. The van der Waals surface area contributed by atoms with Gasteiger partial charge in [-0.25, -0.2) is 0 Å². The van der Waals surface area contributed by atoms with E-state index >= 15 is 0 Å². The molecule has 0 radical (unpaired) electrons. The van der Waals surface area contributed by atoms with E-state index in [0.717, 1.165) is 43.9 Å². The Balaban J connectivity index is 1.62. The number of hydrogen-bond acceptors (Lipinski definition) is 4. The Morgan fingerprint density at radius 1 is 1.26 bits per heavy atom. The van der Waals surface area contributed by atoms with Gasteiger partial charge in [0.25, 0.3) is 0 Å². The lowest BCUT2D eigenvalue weighted by Gasteiger charge is -2.25. The summed E-state index contributed by atoms with van der Waals surface area (Å²) >= 11 is 0. The Morgan fingerprint density at radius 3 is 2.89 bits per heavy atom. The minimum absolute atomic E-state index is 0.464. The molecule has 2 heterocycles. The van der Waals surface area contributed by atoms with Crippen LogP contribution in [-0.2, 0) is 25.9 Å². The van der Waals surface area contributed by atoms with Crippen LogP contribution >= 0.6 is 0 Å². The molecule has 2 aromatic rings. The van der Waals surface area contributed by atoms with Gasteiger partial charge < -0.3 is 10.3 Å². The summed E-state index contributed by atoms with van der Waals surface area (Å²) in [5, 5.41) is 4.04. The van der Waals surface area contributed by atoms with Gasteiger partial charge in [0.15, 0.2) is 0 Å². The Bertz CT molecular complexity index is 522. The maximum Gasteiger partial charge on any atom is 0.142 e. The van der Waals surface area contributed by atoms with Gasteiger partial charge in [-0.15, -0.1) is 0 Å². The maximum atomic E-state index is 5.69. The van der Waals surface area contributed by atoms with Crippen molar-refractivity contribution in [2.75, 3.05) is 13.1 Å². The molecule has 0 saturated carbocycles. The Labute approximate surface area is 113 Å². The molecule has 2 N–H and O–H groups in total. The molecular weight excluding hydrogens is 238 g/mol. The second kappa shape index (κ2) is 5.55. The molecule has 100 valence electrons. The summed E-state index contributed by atoms with van der Waals surface area (Å²) in [5.74, 6) is 1.02. The smallest absolute Gasteiger partial charge is 0.142 e. The van der Waals surface area contributed by atoms with E-state index in [4.69, 9.17) is 10.3 Å². The van der Waals surface area contributed by atoms with E-state index in [2.05, 4.69) is 40.4 Å². The number of nitrogens with zero attached hydrogens (tertiary/aromatic N) is 2. The minimum Gasteiger partial charge on any atom is -0.361 e. The van der Waals surface area contributed by atoms with Crippen LogP contribution in [0.3, 0.4) is 0 Å². The van der Waals surface area contributed by atoms with Crippen molar-refractivity contribution >= 4 is 0 Å². The van der Waals surface area contributed by atoms with Gasteiger partial charge in [-0.3, -0.25) is 4.90 Å². The van der Waals surface area contributed by atoms with Crippen LogP contribution in [0.5, 0.6) is 0 Å². The fourth-order valence-electron chi connectivity index (χ4n) is 2.60. The number of nitrogens with two attached hydrogens (primary N) is 1. The van der Waals surface area contributed by atoms with Gasteiger partial charge in [0.2, 0.25) is 0 Å². The highest BCUT2D eigenvalue weighted by Crippen LogP contribution is 2.22. The van der Waals surface area contributed by atoms with Gasteiger partial charge in [0.05, 0.1) is 0 Å². The normalized spacial score (nSPS) is 15.4. The monoisotopic (exact) mass is 257 g/mol. The van der Waals surface area contributed by atoms with Gasteiger partial charge in [0, 0.05) is 38.2 Å². The molecule has 1 aromatic carbocycles. The van der Waals surface area contributed by atoms with E-state index in [1.54, 1.807) is 0 Å². The molecule has 1 aliphatic rings. The third-order valence-corrected chi connectivity index (χ3v) is 3.74. The van der Waals surface area contributed by atoms with Gasteiger partial charge in [0.1, 0.15) is 11.5 Å². The van der Waals surface area contributed by atoms with Gasteiger partial charge in [-0.2, -0.15) is 0 Å². The topological polar surface area (TPSA) is 55.3 Å². The lowest BCUT2D eigenvalue weighted by Crippen LogP contribution is -2.32. The number of hydrogen-bond donors (Lipinski definition) is 1. The van der Waals surface area contributed by atoms with Crippen LogP contribution in [0.25, 0.3) is 0 Å². The van der Waals surface area contributed by atoms with Crippen molar-refractivity contribution in [1.82, 2.24) is 10.1 Å². The molecule has 0 atom stereocenters. The summed E-state index contributed by atoms with van der Waals surface area (Å²) < 4.78 is 5.33. The summed E-state index contributed by atoms with van der Waals surface area (Å²) in [6, 6.07) is 10.6. The highest BCUT2D eigenvalue weighted by Gasteiger charge is 2.23. The van der Waals surface area contributed by atoms with Crippen LogP contribution in [-0.4, -0.2) is 23.1 Å². The second-order valence-corrected chi connectivity index (χ2v) is 5.00. The lowest BCUT2D eigenvalue weighted by molar-refractivity contribution is 0.239. The fraction of sp³-hybridized carbons (Fsp3) is 0.400. The quantitative estimate of drug-likeness (QED) is 0.906. The molecule has 4 heteroatoms. The lowest BCUT2D eigenvalue weighted by atomic mass is 10.0. The standard InChI is InChI=1S/C15H19N3O/c16-10-14-13-11-18(9-7-15(13)19-17-14)8-6-12-4-2-1-3-5-12/h1-5H,6-11,16H2. The highest BCUT2D eigenvalue weighted by molar-refractivity contribution is 5.25. The molecule has 1 aliphatic heterocycles. The number of fused-ring (bicyclic) bond motifs is 1. The van der Waals surface area contributed by atoms with Crippen LogP contribution in [0.15, 0.2) is 34.9 Å². The summed E-state index contributed by atoms with van der Waals surface area (Å²) in [7, 11) is 0. The van der Waals surface area contributed by atoms with E-state index in [1.807, 2.05) is 0 Å². The summed E-state index contributed by atoms with van der Waals surface area (Å²) in [6.45, 7) is 3.49. The number of rotatable bonds is 4. The average Bonchev–Trinajstić information content (AvgIpc) is 2.88. The van der Waals surface area contributed by atoms with Crippen molar-refractivity contribution in [2.45, 2.75) is 25.9 Å². The van der Waals surface area contributed by atoms with Crippen molar-refractivity contribution in [1.29, 1.82) is 0 Å². The third kappa shape index (κ3) is 2.69. The number of benzene rings is 1. The molecule has 0 unspecified atom stereocenters. The molecule has 4 nitrogen and oxygen atoms in total. The third-order valence-electron chi connectivity index (χ3n) is 3.74. The van der Waals surface area contributed by atoms with E-state index in [1.165, 1.54) is 11.1 Å². The van der Waals surface area contributed by atoms with E-state index in [-0.39, 0.29) is 0 Å². The van der Waals surface area contributed by atoms with Crippen LogP contribution in [0.2, 0.25) is 0 Å². The van der Waals surface area contributed by atoms with E-state index < -0.39 is 0 Å². The first-order chi connectivity index (χ1) is 9.36. The zero-order valence-corrected chi connectivity index (χ0v) is 11.0. The maximum absolute atomic E-state index is 5.69. The summed E-state index contributed by atoms with van der Waals surface area (Å²) in [6.07, 6.45) is 2.02. The first-order valence-corrected chi connectivity index (χ1v) is 6.79. The molecule has 3 rings (SSSR count). The Kier molecular flexibility index (Phi) is 3.62. The largest absolute Gasteiger partial charge is 0.361 e. The van der Waals surface area contributed by atoms with Crippen LogP contribution < -0.4 is 5.73 Å². The van der Waals surface area contributed by atoms with Gasteiger partial charge in [-0.05, 0) is 12.0 Å². The van der Waals surface area contributed by atoms with Crippen molar-refractivity contribution < 1.29 is 4.52 Å². The first kappa shape index (κ1) is 12.4. The molecule has 1 aromatic heterocycles. The fourth-order valence-corrected chi connectivity index (χ4v) is 2.60. The molecule has 0 fully saturated rings. The summed E-state index contributed by atoms with van der Waals surface area (Å²) in [4.78, 5) is 2.45. The van der Waals surface area contributed by atoms with Crippen molar-refractivity contribution in [3.63, 3.8) is 0 Å². The van der Waals surface area contributed by atoms with Crippen molar-refractivity contribution in [2.24, 2.45) is 5.73 Å². The van der Waals surface area contributed by atoms with Gasteiger partial charge >= 0.3 is 0 Å².